The fourth-order valence-corrected chi connectivity index (χ4v) is 2.71. The lowest BCUT2D eigenvalue weighted by molar-refractivity contribution is 0.228. The van der Waals surface area contributed by atoms with Crippen LogP contribution in [0.4, 0.5) is 5.82 Å². The summed E-state index contributed by atoms with van der Waals surface area (Å²) in [4.78, 5) is 6.84. The second-order valence-corrected chi connectivity index (χ2v) is 5.81. The van der Waals surface area contributed by atoms with E-state index in [2.05, 4.69) is 75.3 Å². The summed E-state index contributed by atoms with van der Waals surface area (Å²) < 4.78 is 0.997. The van der Waals surface area contributed by atoms with E-state index < -0.39 is 0 Å². The molecule has 4 heteroatoms. The van der Waals surface area contributed by atoms with Crippen molar-refractivity contribution in [1.29, 1.82) is 0 Å². The van der Waals surface area contributed by atoms with E-state index in [1.165, 1.54) is 5.56 Å². The van der Waals surface area contributed by atoms with E-state index in [9.17, 15) is 0 Å². The quantitative estimate of drug-likeness (QED) is 0.807. The number of nitrogens with zero attached hydrogens (tertiary/aromatic N) is 2. The Morgan fingerprint density at radius 3 is 2.38 bits per heavy atom. The summed E-state index contributed by atoms with van der Waals surface area (Å²) in [6, 6.07) is 15.0. The van der Waals surface area contributed by atoms with E-state index in [0.29, 0.717) is 6.04 Å². The molecule has 3 nitrogen and oxygen atoms in total. The van der Waals surface area contributed by atoms with Gasteiger partial charge in [-0.1, -0.05) is 44.2 Å². The number of rotatable bonds is 7. The highest BCUT2D eigenvalue weighted by Gasteiger charge is 2.17. The Labute approximate surface area is 135 Å². The highest BCUT2D eigenvalue weighted by atomic mass is 79.9. The van der Waals surface area contributed by atoms with Crippen LogP contribution in [0, 0.1) is 0 Å². The summed E-state index contributed by atoms with van der Waals surface area (Å²) in [6.45, 7) is 7.33. The maximum absolute atomic E-state index is 4.38. The molecule has 1 aromatic carbocycles. The molecule has 21 heavy (non-hydrogen) atoms. The zero-order valence-corrected chi connectivity index (χ0v) is 14.2. The van der Waals surface area contributed by atoms with Gasteiger partial charge >= 0.3 is 0 Å². The predicted molar refractivity (Wildman–Crippen MR) is 92.5 cm³/mol. The number of anilines is 1. The lowest BCUT2D eigenvalue weighted by Gasteiger charge is -2.30. The summed E-state index contributed by atoms with van der Waals surface area (Å²) >= 11 is 3.41. The molecule has 0 spiro atoms. The molecule has 0 aliphatic rings. The van der Waals surface area contributed by atoms with Crippen molar-refractivity contribution in [3.8, 4) is 0 Å². The fraction of sp³-hybridized carbons (Fsp3) is 0.353. The molecule has 0 fully saturated rings. The summed E-state index contributed by atoms with van der Waals surface area (Å²) in [7, 11) is 0. The van der Waals surface area contributed by atoms with Crippen LogP contribution in [0.5, 0.6) is 0 Å². The summed E-state index contributed by atoms with van der Waals surface area (Å²) in [6.07, 6.45) is 1.82. The van der Waals surface area contributed by atoms with Gasteiger partial charge < -0.3 is 5.32 Å². The van der Waals surface area contributed by atoms with Crippen LogP contribution >= 0.6 is 15.9 Å². The number of benzene rings is 1. The Balaban J connectivity index is 2.10. The monoisotopic (exact) mass is 347 g/mol. The molecule has 0 aliphatic carbocycles. The third-order valence-electron chi connectivity index (χ3n) is 3.64. The number of halogens is 1. The zero-order valence-electron chi connectivity index (χ0n) is 12.6. The first-order valence-corrected chi connectivity index (χ1v) is 8.18. The molecule has 1 heterocycles. The molecule has 0 bridgehead atoms. The number of hydrogen-bond donors (Lipinski definition) is 1. The van der Waals surface area contributed by atoms with E-state index in [1.54, 1.807) is 0 Å². The van der Waals surface area contributed by atoms with Gasteiger partial charge in [-0.25, -0.2) is 4.98 Å². The minimum absolute atomic E-state index is 0.353. The van der Waals surface area contributed by atoms with Crippen LogP contribution in [0.1, 0.15) is 25.5 Å². The average molecular weight is 348 g/mol. The first-order valence-electron chi connectivity index (χ1n) is 7.39. The molecule has 1 unspecified atom stereocenters. The third kappa shape index (κ3) is 4.55. The van der Waals surface area contributed by atoms with Crippen LogP contribution in [-0.4, -0.2) is 29.5 Å². The zero-order chi connectivity index (χ0) is 15.1. The Bertz CT molecular complexity index is 523. The molecular weight excluding hydrogens is 326 g/mol. The summed E-state index contributed by atoms with van der Waals surface area (Å²) in [5.74, 6) is 0.909. The lowest BCUT2D eigenvalue weighted by atomic mass is 10.1. The van der Waals surface area contributed by atoms with E-state index in [0.717, 1.165) is 29.9 Å². The average Bonchev–Trinajstić information content (AvgIpc) is 2.54. The molecule has 1 N–H and O–H groups in total. The van der Waals surface area contributed by atoms with Crippen molar-refractivity contribution in [1.82, 2.24) is 9.88 Å². The first kappa shape index (κ1) is 16.0. The van der Waals surface area contributed by atoms with Crippen molar-refractivity contribution in [2.75, 3.05) is 25.0 Å². The van der Waals surface area contributed by atoms with Gasteiger partial charge in [0, 0.05) is 17.2 Å². The Morgan fingerprint density at radius 1 is 1.10 bits per heavy atom. The van der Waals surface area contributed by atoms with Gasteiger partial charge in [0.05, 0.1) is 6.04 Å². The summed E-state index contributed by atoms with van der Waals surface area (Å²) in [5, 5.41) is 3.45. The predicted octanol–water partition coefficient (Wildman–Crippen LogP) is 4.34. The van der Waals surface area contributed by atoms with E-state index in [1.807, 2.05) is 18.3 Å². The number of aromatic nitrogens is 1. The molecule has 2 aromatic rings. The van der Waals surface area contributed by atoms with Crippen molar-refractivity contribution >= 4 is 21.7 Å². The van der Waals surface area contributed by atoms with Gasteiger partial charge in [0.25, 0.3) is 0 Å². The highest BCUT2D eigenvalue weighted by molar-refractivity contribution is 9.10. The standard InChI is InChI=1S/C17H22BrN3/c1-3-21(4-2)16(14-8-6-5-7-9-14)13-20-17-11-10-15(18)12-19-17/h5-12,16H,3-4,13H2,1-2H3,(H,19,20). The summed E-state index contributed by atoms with van der Waals surface area (Å²) in [5.41, 5.74) is 1.34. The maximum atomic E-state index is 4.38. The van der Waals surface area contributed by atoms with E-state index in [4.69, 9.17) is 0 Å². The maximum Gasteiger partial charge on any atom is 0.126 e. The molecule has 0 saturated heterocycles. The van der Waals surface area contributed by atoms with Gasteiger partial charge in [0.15, 0.2) is 0 Å². The van der Waals surface area contributed by atoms with Gasteiger partial charge in [0.1, 0.15) is 5.82 Å². The topological polar surface area (TPSA) is 28.2 Å². The molecule has 1 aromatic heterocycles. The number of pyridine rings is 1. The van der Waals surface area contributed by atoms with Crippen molar-refractivity contribution in [3.05, 3.63) is 58.7 Å². The Kier molecular flexibility index (Phi) is 6.21. The second kappa shape index (κ2) is 8.15. The molecule has 112 valence electrons. The highest BCUT2D eigenvalue weighted by Crippen LogP contribution is 2.21. The van der Waals surface area contributed by atoms with E-state index in [-0.39, 0.29) is 0 Å². The first-order chi connectivity index (χ1) is 10.2. The van der Waals surface area contributed by atoms with Gasteiger partial charge in [-0.2, -0.15) is 0 Å². The third-order valence-corrected chi connectivity index (χ3v) is 4.11. The molecule has 2 rings (SSSR count). The van der Waals surface area contributed by atoms with Crippen LogP contribution < -0.4 is 5.32 Å². The van der Waals surface area contributed by atoms with Crippen molar-refractivity contribution in [2.45, 2.75) is 19.9 Å². The smallest absolute Gasteiger partial charge is 0.126 e. The minimum Gasteiger partial charge on any atom is -0.368 e. The van der Waals surface area contributed by atoms with Crippen LogP contribution in [0.2, 0.25) is 0 Å². The number of likely N-dealkylation sites (N-methyl/N-ethyl adjacent to an activating group) is 1. The largest absolute Gasteiger partial charge is 0.368 e. The van der Waals surface area contributed by atoms with Gasteiger partial charge in [0.2, 0.25) is 0 Å². The number of hydrogen-bond acceptors (Lipinski definition) is 3. The van der Waals surface area contributed by atoms with Gasteiger partial charge in [-0.3, -0.25) is 4.90 Å². The van der Waals surface area contributed by atoms with Crippen molar-refractivity contribution in [3.63, 3.8) is 0 Å². The molecular formula is C17H22BrN3. The molecule has 0 saturated carbocycles. The van der Waals surface area contributed by atoms with E-state index >= 15 is 0 Å². The van der Waals surface area contributed by atoms with Crippen LogP contribution in [0.15, 0.2) is 53.1 Å². The second-order valence-electron chi connectivity index (χ2n) is 4.89. The van der Waals surface area contributed by atoms with Gasteiger partial charge in [-0.15, -0.1) is 0 Å². The Morgan fingerprint density at radius 2 is 1.81 bits per heavy atom. The minimum atomic E-state index is 0.353. The number of nitrogens with one attached hydrogen (secondary N) is 1. The molecule has 0 radical (unpaired) electrons. The normalized spacial score (nSPS) is 12.4. The SMILES string of the molecule is CCN(CC)C(CNc1ccc(Br)cn1)c1ccccc1. The van der Waals surface area contributed by atoms with Crippen molar-refractivity contribution < 1.29 is 0 Å². The fourth-order valence-electron chi connectivity index (χ4n) is 2.48. The molecule has 0 aliphatic heterocycles. The molecule has 1 atom stereocenters. The lowest BCUT2D eigenvalue weighted by Crippen LogP contribution is -2.33. The van der Waals surface area contributed by atoms with Crippen LogP contribution in [0.25, 0.3) is 0 Å². The van der Waals surface area contributed by atoms with Gasteiger partial charge in [-0.05, 0) is 46.7 Å². The molecule has 0 amide bonds. The van der Waals surface area contributed by atoms with Crippen LogP contribution in [-0.2, 0) is 0 Å². The van der Waals surface area contributed by atoms with Crippen LogP contribution in [0.3, 0.4) is 0 Å². The Hall–Kier alpha value is -1.39. The van der Waals surface area contributed by atoms with Crippen molar-refractivity contribution in [2.24, 2.45) is 0 Å².